The Hall–Kier alpha value is -4.27. The van der Waals surface area contributed by atoms with Gasteiger partial charge >= 0.3 is 6.18 Å². The van der Waals surface area contributed by atoms with E-state index in [2.05, 4.69) is 20.3 Å². The Balaban J connectivity index is 1.49. The molecule has 0 saturated carbocycles. The number of amides is 1. The molecule has 34 heavy (non-hydrogen) atoms. The smallest absolute Gasteiger partial charge is 0.339 e. The average molecular weight is 464 g/mol. The van der Waals surface area contributed by atoms with E-state index in [0.29, 0.717) is 17.4 Å². The van der Waals surface area contributed by atoms with Gasteiger partial charge in [-0.25, -0.2) is 14.4 Å². The lowest BCUT2D eigenvalue weighted by Gasteiger charge is -2.13. The van der Waals surface area contributed by atoms with Crippen LogP contribution in [0.15, 0.2) is 67.1 Å². The Morgan fingerprint density at radius 1 is 1.03 bits per heavy atom. The Labute approximate surface area is 190 Å². The van der Waals surface area contributed by atoms with Crippen LogP contribution in [0.5, 0.6) is 0 Å². The van der Waals surface area contributed by atoms with Gasteiger partial charge in [0, 0.05) is 28.2 Å². The van der Waals surface area contributed by atoms with Crippen LogP contribution < -0.4 is 5.32 Å². The third-order valence-corrected chi connectivity index (χ3v) is 5.63. The summed E-state index contributed by atoms with van der Waals surface area (Å²) in [6.45, 7) is 1.90. The first-order chi connectivity index (χ1) is 16.2. The van der Waals surface area contributed by atoms with Crippen LogP contribution in [0.4, 0.5) is 23.2 Å². The first-order valence-electron chi connectivity index (χ1n) is 10.2. The number of aromatic amines is 1. The van der Waals surface area contributed by atoms with E-state index in [1.807, 2.05) is 25.1 Å². The number of benzene rings is 3. The van der Waals surface area contributed by atoms with Gasteiger partial charge in [-0.1, -0.05) is 24.3 Å². The third kappa shape index (κ3) is 3.75. The molecule has 0 aliphatic rings. The molecule has 170 valence electrons. The molecule has 0 atom stereocenters. The van der Waals surface area contributed by atoms with Crippen LogP contribution >= 0.6 is 0 Å². The second kappa shape index (κ2) is 7.95. The predicted octanol–water partition coefficient (Wildman–Crippen LogP) is 6.50. The molecule has 1 amide bonds. The number of aromatic nitrogens is 3. The fourth-order valence-electron chi connectivity index (χ4n) is 3.94. The second-order valence-electron chi connectivity index (χ2n) is 7.82. The summed E-state index contributed by atoms with van der Waals surface area (Å²) in [5.41, 5.74) is 2.29. The SMILES string of the molecule is Cc1ccc(NC(=O)c2cccc(C(F)(F)F)c2F)cc1-c1ccc2c(c1)[nH]c1ncncc12. The van der Waals surface area contributed by atoms with Crippen molar-refractivity contribution in [1.82, 2.24) is 15.0 Å². The number of carbonyl (C=O) groups is 1. The van der Waals surface area contributed by atoms with Crippen molar-refractivity contribution in [3.8, 4) is 11.1 Å². The van der Waals surface area contributed by atoms with Gasteiger partial charge in [-0.15, -0.1) is 0 Å². The van der Waals surface area contributed by atoms with Crippen molar-refractivity contribution in [1.29, 1.82) is 0 Å². The molecule has 2 N–H and O–H groups in total. The molecule has 5 rings (SSSR count). The van der Waals surface area contributed by atoms with Gasteiger partial charge in [-0.3, -0.25) is 4.79 Å². The van der Waals surface area contributed by atoms with E-state index < -0.39 is 29.0 Å². The number of anilines is 1. The number of H-pyrrole nitrogens is 1. The standard InChI is InChI=1S/C25H16F4N4O/c1-13-5-7-15(32-24(34)17-3-2-4-20(22(17)26)25(27,28)29)10-18(13)14-6-8-16-19-11-30-12-31-23(19)33-21(16)9-14/h2-12H,1H3,(H,32,34)(H,30,31,33). The second-order valence-corrected chi connectivity index (χ2v) is 7.82. The summed E-state index contributed by atoms with van der Waals surface area (Å²) in [5.74, 6) is -2.57. The zero-order valence-corrected chi connectivity index (χ0v) is 17.7. The van der Waals surface area contributed by atoms with Crippen molar-refractivity contribution in [3.05, 3.63) is 89.6 Å². The molecule has 0 unspecified atom stereocenters. The van der Waals surface area contributed by atoms with Crippen molar-refractivity contribution in [2.45, 2.75) is 13.1 Å². The summed E-state index contributed by atoms with van der Waals surface area (Å²) in [7, 11) is 0. The summed E-state index contributed by atoms with van der Waals surface area (Å²) in [4.78, 5) is 24.1. The Morgan fingerprint density at radius 3 is 2.65 bits per heavy atom. The van der Waals surface area contributed by atoms with Gasteiger partial charge in [0.2, 0.25) is 0 Å². The summed E-state index contributed by atoms with van der Waals surface area (Å²) >= 11 is 0. The van der Waals surface area contributed by atoms with Crippen LogP contribution in [0.2, 0.25) is 0 Å². The van der Waals surface area contributed by atoms with Crippen LogP contribution in [-0.4, -0.2) is 20.9 Å². The summed E-state index contributed by atoms with van der Waals surface area (Å²) in [5, 5.41) is 4.35. The molecule has 0 aliphatic heterocycles. The van der Waals surface area contributed by atoms with Crippen LogP contribution in [0, 0.1) is 12.7 Å². The first-order valence-corrected chi connectivity index (χ1v) is 10.2. The van der Waals surface area contributed by atoms with E-state index in [1.165, 1.54) is 6.33 Å². The van der Waals surface area contributed by atoms with Crippen LogP contribution in [0.3, 0.4) is 0 Å². The highest BCUT2D eigenvalue weighted by atomic mass is 19.4. The molecule has 0 spiro atoms. The van der Waals surface area contributed by atoms with Gasteiger partial charge in [0.15, 0.2) is 0 Å². The monoisotopic (exact) mass is 464 g/mol. The van der Waals surface area contributed by atoms with Crippen LogP contribution in [-0.2, 0) is 6.18 Å². The minimum Gasteiger partial charge on any atom is -0.339 e. The maximum Gasteiger partial charge on any atom is 0.419 e. The minimum atomic E-state index is -4.90. The molecule has 0 saturated heterocycles. The van der Waals surface area contributed by atoms with Crippen molar-refractivity contribution in [3.63, 3.8) is 0 Å². The lowest BCUT2D eigenvalue weighted by atomic mass is 9.98. The number of hydrogen-bond acceptors (Lipinski definition) is 3. The van der Waals surface area contributed by atoms with Crippen molar-refractivity contribution in [2.75, 3.05) is 5.32 Å². The molecule has 3 aromatic carbocycles. The molecule has 5 nitrogen and oxygen atoms in total. The molecule has 0 bridgehead atoms. The highest BCUT2D eigenvalue weighted by Gasteiger charge is 2.35. The zero-order chi connectivity index (χ0) is 24.0. The molecular weight excluding hydrogens is 448 g/mol. The molecule has 2 aromatic heterocycles. The molecule has 5 aromatic rings. The van der Waals surface area contributed by atoms with E-state index in [9.17, 15) is 22.4 Å². The van der Waals surface area contributed by atoms with Crippen molar-refractivity contribution >= 4 is 33.5 Å². The van der Waals surface area contributed by atoms with E-state index in [4.69, 9.17) is 0 Å². The maximum atomic E-state index is 14.4. The molecule has 9 heteroatoms. The fourth-order valence-corrected chi connectivity index (χ4v) is 3.94. The lowest BCUT2D eigenvalue weighted by Crippen LogP contribution is -2.17. The number of aryl methyl sites for hydroxylation is 1. The number of hydrogen-bond donors (Lipinski definition) is 2. The quantitative estimate of drug-likeness (QED) is 0.300. The number of halogens is 4. The van der Waals surface area contributed by atoms with Crippen molar-refractivity contribution in [2.24, 2.45) is 0 Å². The Bertz CT molecular complexity index is 1570. The number of rotatable bonds is 3. The summed E-state index contributed by atoms with van der Waals surface area (Å²) in [6, 6.07) is 13.5. The summed E-state index contributed by atoms with van der Waals surface area (Å²) in [6.07, 6.45) is -1.71. The molecule has 2 heterocycles. The van der Waals surface area contributed by atoms with Crippen LogP contribution in [0.25, 0.3) is 33.1 Å². The largest absolute Gasteiger partial charge is 0.419 e. The Morgan fingerprint density at radius 2 is 1.85 bits per heavy atom. The average Bonchev–Trinajstić information content (AvgIpc) is 3.17. The van der Waals surface area contributed by atoms with Gasteiger partial charge in [-0.2, -0.15) is 13.2 Å². The van der Waals surface area contributed by atoms with Gasteiger partial charge in [-0.05, 0) is 53.9 Å². The van der Waals surface area contributed by atoms with Crippen LogP contribution in [0.1, 0.15) is 21.5 Å². The third-order valence-electron chi connectivity index (χ3n) is 5.63. The van der Waals surface area contributed by atoms with Gasteiger partial charge in [0.1, 0.15) is 17.8 Å². The number of carbonyl (C=O) groups excluding carboxylic acids is 1. The number of nitrogens with one attached hydrogen (secondary N) is 2. The van der Waals surface area contributed by atoms with Crippen molar-refractivity contribution < 1.29 is 22.4 Å². The first kappa shape index (κ1) is 21.6. The molecule has 0 radical (unpaired) electrons. The Kier molecular flexibility index (Phi) is 5.04. The number of alkyl halides is 3. The highest BCUT2D eigenvalue weighted by molar-refractivity contribution is 6.07. The van der Waals surface area contributed by atoms with E-state index >= 15 is 0 Å². The van der Waals surface area contributed by atoms with E-state index in [0.717, 1.165) is 45.1 Å². The van der Waals surface area contributed by atoms with Gasteiger partial charge < -0.3 is 10.3 Å². The predicted molar refractivity (Wildman–Crippen MR) is 121 cm³/mol. The van der Waals surface area contributed by atoms with E-state index in [-0.39, 0.29) is 0 Å². The van der Waals surface area contributed by atoms with Gasteiger partial charge in [0.05, 0.1) is 11.1 Å². The maximum absolute atomic E-state index is 14.4. The summed E-state index contributed by atoms with van der Waals surface area (Å²) < 4.78 is 53.4. The van der Waals surface area contributed by atoms with E-state index in [1.54, 1.807) is 24.4 Å². The highest BCUT2D eigenvalue weighted by Crippen LogP contribution is 2.34. The zero-order valence-electron chi connectivity index (χ0n) is 17.7. The minimum absolute atomic E-state index is 0.324. The van der Waals surface area contributed by atoms with Gasteiger partial charge in [0.25, 0.3) is 5.91 Å². The topological polar surface area (TPSA) is 70.7 Å². The number of fused-ring (bicyclic) bond motifs is 3. The molecule has 0 fully saturated rings. The lowest BCUT2D eigenvalue weighted by molar-refractivity contribution is -0.140. The molecular formula is C25H16F4N4O. The molecule has 0 aliphatic carbocycles. The number of nitrogens with zero attached hydrogens (tertiary/aromatic N) is 2. The normalized spacial score (nSPS) is 11.8. The fraction of sp³-hybridized carbons (Fsp3) is 0.0800.